The smallest absolute Gasteiger partial charge is 0.223 e. The molecule has 0 spiro atoms. The second-order valence-corrected chi connectivity index (χ2v) is 4.16. The van der Waals surface area contributed by atoms with Crippen LogP contribution in [0.5, 0.6) is 0 Å². The molecule has 1 rings (SSSR count). The van der Waals surface area contributed by atoms with Crippen LogP contribution >= 0.6 is 0 Å². The van der Waals surface area contributed by atoms with E-state index in [1.165, 1.54) is 0 Å². The number of anilines is 1. The Hall–Kier alpha value is -1.65. The minimum Gasteiger partial charge on any atom is -0.548 e. The third-order valence-electron chi connectivity index (χ3n) is 2.19. The van der Waals surface area contributed by atoms with E-state index in [1.807, 2.05) is 19.9 Å². The van der Waals surface area contributed by atoms with Crippen LogP contribution in [0.2, 0.25) is 0 Å². The van der Waals surface area contributed by atoms with Gasteiger partial charge in [-0.05, 0) is 25.8 Å². The third kappa shape index (κ3) is 3.18. The zero-order valence-electron chi connectivity index (χ0n) is 9.94. The molecule has 1 atom stereocenters. The third-order valence-corrected chi connectivity index (χ3v) is 2.19. The van der Waals surface area contributed by atoms with Gasteiger partial charge in [-0.1, -0.05) is 13.8 Å². The topological polar surface area (TPSA) is 77.9 Å². The summed E-state index contributed by atoms with van der Waals surface area (Å²) in [6, 6.07) is 1.05. The number of carboxylic acids is 1. The molecular weight excluding hydrogens is 206 g/mol. The van der Waals surface area contributed by atoms with Crippen LogP contribution in [0.15, 0.2) is 6.07 Å². The summed E-state index contributed by atoms with van der Waals surface area (Å²) in [6.07, 6.45) is 0. The first kappa shape index (κ1) is 12.4. The fourth-order valence-electron chi connectivity index (χ4n) is 1.43. The van der Waals surface area contributed by atoms with Crippen molar-refractivity contribution in [3.8, 4) is 0 Å². The van der Waals surface area contributed by atoms with Gasteiger partial charge in [-0.25, -0.2) is 9.97 Å². The van der Waals surface area contributed by atoms with Gasteiger partial charge in [0.1, 0.15) is 0 Å². The van der Waals surface area contributed by atoms with E-state index < -0.39 is 12.0 Å². The molecule has 5 heteroatoms. The number of hydrogen-bond donors (Lipinski definition) is 1. The molecule has 0 aromatic carbocycles. The summed E-state index contributed by atoms with van der Waals surface area (Å²) in [5.74, 6) is -0.896. The largest absolute Gasteiger partial charge is 0.548 e. The van der Waals surface area contributed by atoms with Gasteiger partial charge in [-0.3, -0.25) is 0 Å². The van der Waals surface area contributed by atoms with Gasteiger partial charge in [-0.2, -0.15) is 0 Å². The van der Waals surface area contributed by atoms with Crippen LogP contribution in [0.4, 0.5) is 5.95 Å². The summed E-state index contributed by atoms with van der Waals surface area (Å²) in [5, 5.41) is 13.7. The number of rotatable bonds is 4. The number of carbonyl (C=O) groups excluding carboxylic acids is 1. The van der Waals surface area contributed by atoms with E-state index in [9.17, 15) is 9.90 Å². The SMILES string of the molecule is Cc1cc(C)nc(N[C@@H](C(=O)[O-])C(C)C)n1. The molecule has 0 fully saturated rings. The number of aryl methyl sites for hydroxylation is 2. The second kappa shape index (κ2) is 4.92. The molecule has 0 amide bonds. The predicted octanol–water partition coefficient (Wildman–Crippen LogP) is 0.280. The molecule has 1 N–H and O–H groups in total. The van der Waals surface area contributed by atoms with Gasteiger partial charge in [0.25, 0.3) is 0 Å². The number of carboxylic acid groups (broad SMARTS) is 1. The Kier molecular flexibility index (Phi) is 3.82. The number of carbonyl (C=O) groups is 1. The standard InChI is InChI=1S/C11H17N3O2/c1-6(2)9(10(15)16)14-11-12-7(3)5-8(4)13-11/h5-6,9H,1-4H3,(H,15,16)(H,12,13,14)/p-1/t9-/m1/s1. The molecule has 0 aliphatic rings. The van der Waals surface area contributed by atoms with Crippen molar-refractivity contribution in [3.05, 3.63) is 17.5 Å². The van der Waals surface area contributed by atoms with Gasteiger partial charge in [0.05, 0.1) is 12.0 Å². The van der Waals surface area contributed by atoms with Crippen molar-refractivity contribution in [3.63, 3.8) is 0 Å². The van der Waals surface area contributed by atoms with Crippen LogP contribution in [0.3, 0.4) is 0 Å². The van der Waals surface area contributed by atoms with Crippen molar-refractivity contribution in [1.82, 2.24) is 9.97 Å². The van der Waals surface area contributed by atoms with E-state index in [0.29, 0.717) is 5.95 Å². The van der Waals surface area contributed by atoms with Gasteiger partial charge in [0.2, 0.25) is 5.95 Å². The van der Waals surface area contributed by atoms with E-state index in [-0.39, 0.29) is 5.92 Å². The molecule has 0 radical (unpaired) electrons. The van der Waals surface area contributed by atoms with Crippen molar-refractivity contribution in [2.45, 2.75) is 33.7 Å². The highest BCUT2D eigenvalue weighted by atomic mass is 16.4. The second-order valence-electron chi connectivity index (χ2n) is 4.16. The molecule has 0 unspecified atom stereocenters. The normalized spacial score (nSPS) is 12.6. The quantitative estimate of drug-likeness (QED) is 0.791. The maximum atomic E-state index is 10.9. The lowest BCUT2D eigenvalue weighted by atomic mass is 10.1. The first-order valence-electron chi connectivity index (χ1n) is 5.20. The Morgan fingerprint density at radius 2 is 1.81 bits per heavy atom. The molecule has 1 aromatic heterocycles. The Bertz CT molecular complexity index is 371. The van der Waals surface area contributed by atoms with E-state index in [1.54, 1.807) is 13.8 Å². The summed E-state index contributed by atoms with van der Waals surface area (Å²) in [4.78, 5) is 19.1. The monoisotopic (exact) mass is 222 g/mol. The summed E-state index contributed by atoms with van der Waals surface area (Å²) >= 11 is 0. The highest BCUT2D eigenvalue weighted by Gasteiger charge is 2.15. The van der Waals surface area contributed by atoms with Crippen molar-refractivity contribution in [2.24, 2.45) is 5.92 Å². The molecule has 1 aromatic rings. The van der Waals surface area contributed by atoms with Crippen LogP contribution < -0.4 is 10.4 Å². The number of aliphatic carboxylic acids is 1. The lowest BCUT2D eigenvalue weighted by molar-refractivity contribution is -0.307. The fraction of sp³-hybridized carbons (Fsp3) is 0.545. The molecule has 1 heterocycles. The van der Waals surface area contributed by atoms with E-state index in [4.69, 9.17) is 0 Å². The van der Waals surface area contributed by atoms with Crippen molar-refractivity contribution >= 4 is 11.9 Å². The maximum absolute atomic E-state index is 10.9. The summed E-state index contributed by atoms with van der Waals surface area (Å²) < 4.78 is 0. The molecule has 16 heavy (non-hydrogen) atoms. The first-order chi connectivity index (χ1) is 7.40. The summed E-state index contributed by atoms with van der Waals surface area (Å²) in [6.45, 7) is 7.28. The van der Waals surface area contributed by atoms with E-state index >= 15 is 0 Å². The van der Waals surface area contributed by atoms with E-state index in [2.05, 4.69) is 15.3 Å². The molecule has 0 aliphatic carbocycles. The van der Waals surface area contributed by atoms with Crippen LogP contribution in [-0.4, -0.2) is 22.0 Å². The summed E-state index contributed by atoms with van der Waals surface area (Å²) in [5.41, 5.74) is 1.60. The lowest BCUT2D eigenvalue weighted by Crippen LogP contribution is -2.44. The Labute approximate surface area is 94.9 Å². The van der Waals surface area contributed by atoms with Gasteiger partial charge >= 0.3 is 0 Å². The van der Waals surface area contributed by atoms with Gasteiger partial charge < -0.3 is 15.2 Å². The van der Waals surface area contributed by atoms with Gasteiger partial charge in [0.15, 0.2) is 0 Å². The molecule has 5 nitrogen and oxygen atoms in total. The number of nitrogens with zero attached hydrogens (tertiary/aromatic N) is 2. The van der Waals surface area contributed by atoms with Crippen LogP contribution in [0.25, 0.3) is 0 Å². The van der Waals surface area contributed by atoms with Crippen molar-refractivity contribution in [2.75, 3.05) is 5.32 Å². The van der Waals surface area contributed by atoms with Crippen LogP contribution in [0, 0.1) is 19.8 Å². The van der Waals surface area contributed by atoms with Crippen LogP contribution in [0.1, 0.15) is 25.2 Å². The summed E-state index contributed by atoms with van der Waals surface area (Å²) in [7, 11) is 0. The Morgan fingerprint density at radius 3 is 2.19 bits per heavy atom. The molecule has 0 aliphatic heterocycles. The van der Waals surface area contributed by atoms with Crippen LogP contribution in [-0.2, 0) is 4.79 Å². The molecular formula is C11H16N3O2-. The van der Waals surface area contributed by atoms with Gasteiger partial charge in [-0.15, -0.1) is 0 Å². The molecule has 0 saturated heterocycles. The van der Waals surface area contributed by atoms with E-state index in [0.717, 1.165) is 11.4 Å². The maximum Gasteiger partial charge on any atom is 0.223 e. The zero-order valence-corrected chi connectivity index (χ0v) is 9.94. The lowest BCUT2D eigenvalue weighted by Gasteiger charge is -2.23. The van der Waals surface area contributed by atoms with Crippen molar-refractivity contribution < 1.29 is 9.90 Å². The first-order valence-corrected chi connectivity index (χ1v) is 5.20. The molecule has 88 valence electrons. The average molecular weight is 222 g/mol. The van der Waals surface area contributed by atoms with Gasteiger partial charge in [0, 0.05) is 11.4 Å². The fourth-order valence-corrected chi connectivity index (χ4v) is 1.43. The molecule has 0 bridgehead atoms. The van der Waals surface area contributed by atoms with Crippen molar-refractivity contribution in [1.29, 1.82) is 0 Å². The minimum absolute atomic E-state index is 0.0885. The highest BCUT2D eigenvalue weighted by molar-refractivity contribution is 5.74. The zero-order chi connectivity index (χ0) is 12.3. The predicted molar refractivity (Wildman–Crippen MR) is 58.8 cm³/mol. The minimum atomic E-state index is -1.14. The number of hydrogen-bond acceptors (Lipinski definition) is 5. The Balaban J connectivity index is 2.89. The number of aromatic nitrogens is 2. The molecule has 0 saturated carbocycles. The average Bonchev–Trinajstić information content (AvgIpc) is 2.11. The Morgan fingerprint density at radius 1 is 1.31 bits per heavy atom. The number of nitrogens with one attached hydrogen (secondary N) is 1. The highest BCUT2D eigenvalue weighted by Crippen LogP contribution is 2.09.